The molecule has 1 aromatic heterocycles. The molecule has 2 rings (SSSR count). The molecule has 1 heterocycles. The molecular formula is C16H22N4O2. The summed E-state index contributed by atoms with van der Waals surface area (Å²) < 4.78 is 0. The molecule has 1 atom stereocenters. The van der Waals surface area contributed by atoms with Gasteiger partial charge in [-0.3, -0.25) is 14.8 Å². The first kappa shape index (κ1) is 16.2. The van der Waals surface area contributed by atoms with Gasteiger partial charge in [0, 0.05) is 19.3 Å². The fourth-order valence-electron chi connectivity index (χ4n) is 2.33. The van der Waals surface area contributed by atoms with E-state index in [1.54, 1.807) is 6.20 Å². The van der Waals surface area contributed by atoms with E-state index < -0.39 is 12.0 Å². The van der Waals surface area contributed by atoms with Crippen molar-refractivity contribution in [2.75, 3.05) is 34.2 Å². The Bertz CT molecular complexity index is 593. The summed E-state index contributed by atoms with van der Waals surface area (Å²) in [5, 5.41) is 16.4. The first-order valence-corrected chi connectivity index (χ1v) is 7.16. The van der Waals surface area contributed by atoms with Gasteiger partial charge in [0.25, 0.3) is 0 Å². The largest absolute Gasteiger partial charge is 0.480 e. The van der Waals surface area contributed by atoms with E-state index in [-0.39, 0.29) is 0 Å². The minimum absolute atomic E-state index is 0.643. The number of rotatable bonds is 7. The zero-order valence-corrected chi connectivity index (χ0v) is 13.2. The van der Waals surface area contributed by atoms with Crippen molar-refractivity contribution in [2.45, 2.75) is 6.04 Å². The van der Waals surface area contributed by atoms with E-state index in [1.807, 2.05) is 61.3 Å². The van der Waals surface area contributed by atoms with Gasteiger partial charge in [0.15, 0.2) is 0 Å². The Morgan fingerprint density at radius 1 is 1.18 bits per heavy atom. The van der Waals surface area contributed by atoms with Crippen molar-refractivity contribution in [2.24, 2.45) is 0 Å². The fraction of sp³-hybridized carbons (Fsp3) is 0.375. The van der Waals surface area contributed by atoms with Crippen LogP contribution in [0.25, 0.3) is 11.3 Å². The van der Waals surface area contributed by atoms with Crippen molar-refractivity contribution in [3.05, 3.63) is 42.1 Å². The van der Waals surface area contributed by atoms with E-state index in [1.165, 1.54) is 0 Å². The zero-order chi connectivity index (χ0) is 16.1. The van der Waals surface area contributed by atoms with Crippen molar-refractivity contribution >= 4 is 5.97 Å². The van der Waals surface area contributed by atoms with E-state index in [2.05, 4.69) is 10.2 Å². The maximum Gasteiger partial charge on any atom is 0.325 e. The maximum atomic E-state index is 11.6. The normalized spacial score (nSPS) is 12.8. The van der Waals surface area contributed by atoms with Gasteiger partial charge in [-0.1, -0.05) is 24.3 Å². The summed E-state index contributed by atoms with van der Waals surface area (Å²) in [6.07, 6.45) is 1.69. The van der Waals surface area contributed by atoms with Gasteiger partial charge in [0.1, 0.15) is 6.04 Å². The quantitative estimate of drug-likeness (QED) is 0.814. The minimum Gasteiger partial charge on any atom is -0.480 e. The molecule has 118 valence electrons. The van der Waals surface area contributed by atoms with Crippen LogP contribution in [-0.4, -0.2) is 65.3 Å². The van der Waals surface area contributed by atoms with E-state index in [9.17, 15) is 9.90 Å². The molecule has 0 amide bonds. The standard InChI is InChI=1S/C16H22N4O2/c1-19(2)10-11-20(3)15(16(21)22)13-6-4-12(5-7-13)14-8-9-17-18-14/h4-9,15H,10-11H2,1-3H3,(H,17,18)(H,21,22)/t15-/m0/s1. The Balaban J connectivity index is 2.16. The van der Waals surface area contributed by atoms with Crippen LogP contribution >= 0.6 is 0 Å². The molecule has 0 saturated heterocycles. The average Bonchev–Trinajstić information content (AvgIpc) is 3.00. The van der Waals surface area contributed by atoms with Crippen LogP contribution in [0.1, 0.15) is 11.6 Å². The fourth-order valence-corrected chi connectivity index (χ4v) is 2.33. The molecule has 0 fully saturated rings. The van der Waals surface area contributed by atoms with Crippen LogP contribution in [0, 0.1) is 0 Å². The van der Waals surface area contributed by atoms with Gasteiger partial charge in [-0.15, -0.1) is 0 Å². The van der Waals surface area contributed by atoms with Gasteiger partial charge < -0.3 is 10.0 Å². The average molecular weight is 302 g/mol. The lowest BCUT2D eigenvalue weighted by atomic mass is 10.0. The monoisotopic (exact) mass is 302 g/mol. The van der Waals surface area contributed by atoms with Gasteiger partial charge >= 0.3 is 5.97 Å². The number of carbonyl (C=O) groups is 1. The van der Waals surface area contributed by atoms with Gasteiger partial charge in [-0.05, 0) is 38.3 Å². The molecule has 0 saturated carbocycles. The zero-order valence-electron chi connectivity index (χ0n) is 13.2. The number of nitrogens with one attached hydrogen (secondary N) is 1. The van der Waals surface area contributed by atoms with Crippen LogP contribution in [0.3, 0.4) is 0 Å². The minimum atomic E-state index is -0.837. The molecule has 0 bridgehead atoms. The highest BCUT2D eigenvalue weighted by molar-refractivity contribution is 5.76. The molecule has 2 aromatic rings. The van der Waals surface area contributed by atoms with Gasteiger partial charge in [0.2, 0.25) is 0 Å². The van der Waals surface area contributed by atoms with Crippen molar-refractivity contribution in [3.8, 4) is 11.3 Å². The molecule has 6 heteroatoms. The number of hydrogen-bond acceptors (Lipinski definition) is 4. The summed E-state index contributed by atoms with van der Waals surface area (Å²) >= 11 is 0. The van der Waals surface area contributed by atoms with Crippen LogP contribution in [0.2, 0.25) is 0 Å². The van der Waals surface area contributed by atoms with Gasteiger partial charge in [-0.25, -0.2) is 0 Å². The summed E-state index contributed by atoms with van der Waals surface area (Å²) in [4.78, 5) is 15.5. The van der Waals surface area contributed by atoms with Gasteiger partial charge in [-0.2, -0.15) is 5.10 Å². The number of aromatic nitrogens is 2. The molecule has 0 aliphatic rings. The third kappa shape index (κ3) is 3.93. The van der Waals surface area contributed by atoms with Crippen molar-refractivity contribution < 1.29 is 9.90 Å². The molecule has 2 N–H and O–H groups in total. The lowest BCUT2D eigenvalue weighted by molar-refractivity contribution is -0.143. The number of benzene rings is 1. The summed E-state index contributed by atoms with van der Waals surface area (Å²) in [7, 11) is 5.79. The first-order chi connectivity index (χ1) is 10.5. The lowest BCUT2D eigenvalue weighted by Gasteiger charge is -2.26. The number of carboxylic acid groups (broad SMARTS) is 1. The molecular weight excluding hydrogens is 280 g/mol. The second-order valence-corrected chi connectivity index (χ2v) is 5.62. The number of carboxylic acids is 1. The van der Waals surface area contributed by atoms with Crippen LogP contribution < -0.4 is 0 Å². The first-order valence-electron chi connectivity index (χ1n) is 7.16. The Morgan fingerprint density at radius 2 is 1.86 bits per heavy atom. The van der Waals surface area contributed by atoms with E-state index in [0.717, 1.165) is 23.4 Å². The Morgan fingerprint density at radius 3 is 2.36 bits per heavy atom. The van der Waals surface area contributed by atoms with E-state index >= 15 is 0 Å². The Kier molecular flexibility index (Phi) is 5.30. The molecule has 0 aliphatic heterocycles. The van der Waals surface area contributed by atoms with Crippen LogP contribution in [0.4, 0.5) is 0 Å². The summed E-state index contributed by atoms with van der Waals surface area (Å²) in [5.74, 6) is -0.837. The molecule has 1 aromatic carbocycles. The maximum absolute atomic E-state index is 11.6. The highest BCUT2D eigenvalue weighted by Gasteiger charge is 2.24. The third-order valence-corrected chi connectivity index (χ3v) is 3.61. The van der Waals surface area contributed by atoms with Crippen LogP contribution in [-0.2, 0) is 4.79 Å². The van der Waals surface area contributed by atoms with E-state index in [0.29, 0.717) is 6.54 Å². The number of aromatic amines is 1. The molecule has 0 aliphatic carbocycles. The second kappa shape index (κ2) is 7.20. The lowest BCUT2D eigenvalue weighted by Crippen LogP contribution is -2.35. The topological polar surface area (TPSA) is 72.5 Å². The summed E-state index contributed by atoms with van der Waals surface area (Å²) in [5.41, 5.74) is 2.68. The molecule has 0 spiro atoms. The molecule has 22 heavy (non-hydrogen) atoms. The van der Waals surface area contributed by atoms with Crippen LogP contribution in [0.15, 0.2) is 36.5 Å². The summed E-state index contributed by atoms with van der Waals surface area (Å²) in [6, 6.07) is 8.79. The highest BCUT2D eigenvalue weighted by Crippen LogP contribution is 2.23. The van der Waals surface area contributed by atoms with Gasteiger partial charge in [0.05, 0.1) is 5.69 Å². The predicted octanol–water partition coefficient (Wildman–Crippen LogP) is 1.70. The second-order valence-electron chi connectivity index (χ2n) is 5.62. The number of aliphatic carboxylic acids is 1. The number of likely N-dealkylation sites (N-methyl/N-ethyl adjacent to an activating group) is 2. The van der Waals surface area contributed by atoms with Crippen LogP contribution in [0.5, 0.6) is 0 Å². The molecule has 0 unspecified atom stereocenters. The number of nitrogens with zero attached hydrogens (tertiary/aromatic N) is 3. The smallest absolute Gasteiger partial charge is 0.325 e. The van der Waals surface area contributed by atoms with Crippen molar-refractivity contribution in [1.29, 1.82) is 0 Å². The number of H-pyrrole nitrogens is 1. The van der Waals surface area contributed by atoms with Crippen molar-refractivity contribution in [1.82, 2.24) is 20.0 Å². The highest BCUT2D eigenvalue weighted by atomic mass is 16.4. The third-order valence-electron chi connectivity index (χ3n) is 3.61. The molecule has 6 nitrogen and oxygen atoms in total. The predicted molar refractivity (Wildman–Crippen MR) is 85.6 cm³/mol. The number of hydrogen-bond donors (Lipinski definition) is 2. The van der Waals surface area contributed by atoms with E-state index in [4.69, 9.17) is 0 Å². The Hall–Kier alpha value is -2.18. The Labute approximate surface area is 130 Å². The van der Waals surface area contributed by atoms with Crippen molar-refractivity contribution in [3.63, 3.8) is 0 Å². The molecule has 0 radical (unpaired) electrons. The SMILES string of the molecule is CN(C)CCN(C)[C@H](C(=O)O)c1ccc(-c2ccn[nH]2)cc1. The summed E-state index contributed by atoms with van der Waals surface area (Å²) in [6.45, 7) is 1.50.